The SMILES string of the molecule is c1ccc([C@H]2Sc3ccccc3N=C3c4ccccc4OC[C@H]32)cc1. The Labute approximate surface area is 151 Å². The van der Waals surface area contributed by atoms with E-state index in [1.807, 2.05) is 23.9 Å². The molecule has 0 N–H and O–H groups in total. The molecular weight excluding hydrogens is 326 g/mol. The van der Waals surface area contributed by atoms with Crippen LogP contribution in [0.4, 0.5) is 5.69 Å². The fourth-order valence-corrected chi connectivity index (χ4v) is 4.91. The summed E-state index contributed by atoms with van der Waals surface area (Å²) >= 11 is 1.90. The lowest BCUT2D eigenvalue weighted by Crippen LogP contribution is -2.31. The van der Waals surface area contributed by atoms with Gasteiger partial charge in [0.05, 0.1) is 23.9 Å². The van der Waals surface area contributed by atoms with E-state index in [4.69, 9.17) is 9.73 Å². The monoisotopic (exact) mass is 343 g/mol. The van der Waals surface area contributed by atoms with Crippen molar-refractivity contribution >= 4 is 23.2 Å². The van der Waals surface area contributed by atoms with Crippen molar-refractivity contribution in [2.45, 2.75) is 10.1 Å². The molecule has 2 nitrogen and oxygen atoms in total. The zero-order valence-corrected chi connectivity index (χ0v) is 14.4. The van der Waals surface area contributed by atoms with Crippen LogP contribution in [0.2, 0.25) is 0 Å². The van der Waals surface area contributed by atoms with Gasteiger partial charge < -0.3 is 4.74 Å². The number of hydrogen-bond acceptors (Lipinski definition) is 3. The molecule has 122 valence electrons. The molecule has 5 rings (SSSR count). The van der Waals surface area contributed by atoms with Crippen molar-refractivity contribution in [2.24, 2.45) is 10.9 Å². The van der Waals surface area contributed by atoms with E-state index in [2.05, 4.69) is 66.7 Å². The molecule has 3 heteroatoms. The van der Waals surface area contributed by atoms with Crippen molar-refractivity contribution in [1.29, 1.82) is 0 Å². The van der Waals surface area contributed by atoms with E-state index in [-0.39, 0.29) is 11.2 Å². The van der Waals surface area contributed by atoms with Gasteiger partial charge >= 0.3 is 0 Å². The Morgan fingerprint density at radius 3 is 2.52 bits per heavy atom. The maximum atomic E-state index is 6.10. The number of hydrogen-bond donors (Lipinski definition) is 0. The summed E-state index contributed by atoms with van der Waals surface area (Å²) in [5, 5.41) is 0.289. The lowest BCUT2D eigenvalue weighted by molar-refractivity contribution is 0.271. The van der Waals surface area contributed by atoms with Crippen LogP contribution in [0.5, 0.6) is 5.75 Å². The highest BCUT2D eigenvalue weighted by molar-refractivity contribution is 7.99. The zero-order chi connectivity index (χ0) is 16.6. The fourth-order valence-electron chi connectivity index (χ4n) is 3.58. The van der Waals surface area contributed by atoms with Gasteiger partial charge in [-0.2, -0.15) is 0 Å². The Morgan fingerprint density at radius 1 is 0.840 bits per heavy atom. The van der Waals surface area contributed by atoms with Gasteiger partial charge in [0.25, 0.3) is 0 Å². The molecule has 0 amide bonds. The van der Waals surface area contributed by atoms with Crippen LogP contribution in [-0.2, 0) is 0 Å². The maximum absolute atomic E-state index is 6.10. The topological polar surface area (TPSA) is 21.6 Å². The summed E-state index contributed by atoms with van der Waals surface area (Å²) in [6, 6.07) is 27.4. The first-order chi connectivity index (χ1) is 12.4. The lowest BCUT2D eigenvalue weighted by Gasteiger charge is -2.31. The van der Waals surface area contributed by atoms with Crippen LogP contribution in [0.1, 0.15) is 16.4 Å². The molecule has 0 spiro atoms. The fraction of sp³-hybridized carbons (Fsp3) is 0.136. The number of fused-ring (bicyclic) bond motifs is 4. The summed E-state index contributed by atoms with van der Waals surface area (Å²) in [6.45, 7) is 0.663. The summed E-state index contributed by atoms with van der Waals surface area (Å²) < 4.78 is 6.10. The van der Waals surface area contributed by atoms with E-state index in [1.165, 1.54) is 10.5 Å². The molecule has 0 radical (unpaired) electrons. The van der Waals surface area contributed by atoms with E-state index in [0.717, 1.165) is 22.7 Å². The minimum Gasteiger partial charge on any atom is -0.492 e. The van der Waals surface area contributed by atoms with Crippen LogP contribution >= 0.6 is 11.8 Å². The molecule has 0 aliphatic carbocycles. The van der Waals surface area contributed by atoms with Crippen LogP contribution in [-0.4, -0.2) is 12.3 Å². The third-order valence-electron chi connectivity index (χ3n) is 4.79. The van der Waals surface area contributed by atoms with Crippen molar-refractivity contribution in [2.75, 3.05) is 6.61 Å². The highest BCUT2D eigenvalue weighted by Gasteiger charge is 2.36. The highest BCUT2D eigenvalue weighted by Crippen LogP contribution is 2.50. The van der Waals surface area contributed by atoms with Crippen molar-refractivity contribution in [3.63, 3.8) is 0 Å². The van der Waals surface area contributed by atoms with Crippen molar-refractivity contribution in [1.82, 2.24) is 0 Å². The van der Waals surface area contributed by atoms with Gasteiger partial charge in [0, 0.05) is 15.7 Å². The molecule has 2 aliphatic heterocycles. The minimum absolute atomic E-state index is 0.231. The second-order valence-corrected chi connectivity index (χ2v) is 7.51. The molecule has 0 saturated heterocycles. The van der Waals surface area contributed by atoms with Crippen LogP contribution < -0.4 is 4.74 Å². The molecule has 2 atom stereocenters. The van der Waals surface area contributed by atoms with E-state index in [0.29, 0.717) is 6.61 Å². The number of thioether (sulfide) groups is 1. The minimum atomic E-state index is 0.231. The Bertz CT molecular complexity index is 951. The molecular formula is C22H17NOS. The largest absolute Gasteiger partial charge is 0.492 e. The van der Waals surface area contributed by atoms with Gasteiger partial charge in [0.2, 0.25) is 0 Å². The Balaban J connectivity index is 1.72. The number of ether oxygens (including phenoxy) is 1. The van der Waals surface area contributed by atoms with E-state index < -0.39 is 0 Å². The third kappa shape index (κ3) is 2.56. The normalized spacial score (nSPS) is 21.0. The van der Waals surface area contributed by atoms with Gasteiger partial charge in [-0.3, -0.25) is 4.99 Å². The first kappa shape index (κ1) is 14.8. The van der Waals surface area contributed by atoms with Gasteiger partial charge in [-0.05, 0) is 29.8 Å². The van der Waals surface area contributed by atoms with Gasteiger partial charge in [-0.1, -0.05) is 54.6 Å². The van der Waals surface area contributed by atoms with Crippen LogP contribution in [0.15, 0.2) is 88.8 Å². The summed E-state index contributed by atoms with van der Waals surface area (Å²) in [4.78, 5) is 6.33. The quantitative estimate of drug-likeness (QED) is 0.568. The van der Waals surface area contributed by atoms with E-state index in [1.54, 1.807) is 0 Å². The average molecular weight is 343 g/mol. The predicted molar refractivity (Wildman–Crippen MR) is 103 cm³/mol. The summed E-state index contributed by atoms with van der Waals surface area (Å²) in [5.41, 5.74) is 4.65. The molecule has 2 heterocycles. The molecule has 3 aromatic carbocycles. The average Bonchev–Trinajstić information content (AvgIpc) is 2.85. The molecule has 0 saturated carbocycles. The van der Waals surface area contributed by atoms with Crippen molar-refractivity contribution in [3.8, 4) is 5.75 Å². The number of aliphatic imine (C=N–C) groups is 1. The van der Waals surface area contributed by atoms with Crippen molar-refractivity contribution < 1.29 is 4.74 Å². The molecule has 0 unspecified atom stereocenters. The van der Waals surface area contributed by atoms with E-state index in [9.17, 15) is 0 Å². The molecule has 2 aliphatic rings. The molecule has 0 bridgehead atoms. The number of para-hydroxylation sites is 2. The second-order valence-electron chi connectivity index (χ2n) is 6.33. The van der Waals surface area contributed by atoms with Gasteiger partial charge in [-0.25, -0.2) is 0 Å². The smallest absolute Gasteiger partial charge is 0.128 e. The Hall–Kier alpha value is -2.52. The predicted octanol–water partition coefficient (Wildman–Crippen LogP) is 5.66. The molecule has 0 aromatic heterocycles. The molecule has 25 heavy (non-hydrogen) atoms. The summed E-state index contributed by atoms with van der Waals surface area (Å²) in [5.74, 6) is 1.17. The molecule has 0 fully saturated rings. The maximum Gasteiger partial charge on any atom is 0.128 e. The van der Waals surface area contributed by atoms with Crippen LogP contribution in [0, 0.1) is 5.92 Å². The molecule has 3 aromatic rings. The number of nitrogens with zero attached hydrogens (tertiary/aromatic N) is 1. The second kappa shape index (κ2) is 6.08. The summed E-state index contributed by atoms with van der Waals surface area (Å²) in [7, 11) is 0. The van der Waals surface area contributed by atoms with E-state index >= 15 is 0 Å². The van der Waals surface area contributed by atoms with Gasteiger partial charge in [-0.15, -0.1) is 11.8 Å². The zero-order valence-electron chi connectivity index (χ0n) is 13.6. The number of rotatable bonds is 1. The first-order valence-corrected chi connectivity index (χ1v) is 9.39. The third-order valence-corrected chi connectivity index (χ3v) is 6.24. The lowest BCUT2D eigenvalue weighted by atomic mass is 9.88. The summed E-state index contributed by atoms with van der Waals surface area (Å²) in [6.07, 6.45) is 0. The Kier molecular flexibility index (Phi) is 3.60. The number of benzene rings is 3. The Morgan fingerprint density at radius 2 is 1.60 bits per heavy atom. The standard InChI is InChI=1S/C22H17NOS/c1-2-8-15(9-3-1)22-17-14-24-19-12-6-4-10-16(19)21(17)23-18-11-5-7-13-20(18)25-22/h1-13,17,22H,14H2/t17-,22-/m1/s1. The van der Waals surface area contributed by atoms with Gasteiger partial charge in [0.1, 0.15) is 5.75 Å². The first-order valence-electron chi connectivity index (χ1n) is 8.51. The van der Waals surface area contributed by atoms with Crippen molar-refractivity contribution in [3.05, 3.63) is 90.0 Å². The highest BCUT2D eigenvalue weighted by atomic mass is 32.2. The van der Waals surface area contributed by atoms with Crippen LogP contribution in [0.3, 0.4) is 0 Å². The van der Waals surface area contributed by atoms with Crippen LogP contribution in [0.25, 0.3) is 0 Å². The van der Waals surface area contributed by atoms with Gasteiger partial charge in [0.15, 0.2) is 0 Å².